The lowest BCUT2D eigenvalue weighted by atomic mass is 10.0. The lowest BCUT2D eigenvalue weighted by molar-refractivity contribution is 0.102. The van der Waals surface area contributed by atoms with Gasteiger partial charge >= 0.3 is 10.2 Å². The van der Waals surface area contributed by atoms with Crippen LogP contribution < -0.4 is 14.4 Å². The number of carbonyl (C=O) groups excluding carboxylic acids is 1. The van der Waals surface area contributed by atoms with Crippen LogP contribution >= 0.6 is 23.2 Å². The third-order valence-corrected chi connectivity index (χ3v) is 8.14. The molecular formula is C21H24Cl2N4O5S. The average molecular weight is 515 g/mol. The number of aliphatic hydroxyl groups excluding tert-OH is 1. The summed E-state index contributed by atoms with van der Waals surface area (Å²) in [6, 6.07) is 6.19. The van der Waals surface area contributed by atoms with Gasteiger partial charge in [-0.2, -0.15) is 12.7 Å². The molecule has 1 fully saturated rings. The van der Waals surface area contributed by atoms with Gasteiger partial charge in [-0.05, 0) is 37.0 Å². The van der Waals surface area contributed by atoms with Gasteiger partial charge in [0.15, 0.2) is 0 Å². The minimum Gasteiger partial charge on any atom is -0.468 e. The molecule has 0 spiro atoms. The molecule has 2 aliphatic rings. The highest BCUT2D eigenvalue weighted by Gasteiger charge is 2.39. The summed E-state index contributed by atoms with van der Waals surface area (Å²) in [5, 5.41) is 12.7. The van der Waals surface area contributed by atoms with Crippen molar-refractivity contribution in [3.63, 3.8) is 0 Å². The zero-order valence-corrected chi connectivity index (χ0v) is 20.2. The maximum atomic E-state index is 13.5. The molecule has 2 atom stereocenters. The second kappa shape index (κ2) is 9.63. The van der Waals surface area contributed by atoms with Crippen molar-refractivity contribution < 1.29 is 23.1 Å². The van der Waals surface area contributed by atoms with Crippen molar-refractivity contribution in [1.29, 1.82) is 0 Å². The first-order chi connectivity index (χ1) is 15.7. The number of fused-ring (bicyclic) bond motifs is 1. The van der Waals surface area contributed by atoms with Crippen LogP contribution in [0, 0.1) is 5.92 Å². The van der Waals surface area contributed by atoms with Crippen LogP contribution in [0.2, 0.25) is 10.0 Å². The molecule has 2 aliphatic heterocycles. The van der Waals surface area contributed by atoms with E-state index in [2.05, 4.69) is 10.3 Å². The van der Waals surface area contributed by atoms with E-state index < -0.39 is 22.2 Å². The highest BCUT2D eigenvalue weighted by molar-refractivity contribution is 7.90. The third kappa shape index (κ3) is 4.90. The van der Waals surface area contributed by atoms with Crippen LogP contribution in [0.3, 0.4) is 0 Å². The number of amides is 1. The fourth-order valence-electron chi connectivity index (χ4n) is 3.97. The van der Waals surface area contributed by atoms with Crippen LogP contribution in [-0.2, 0) is 10.2 Å². The quantitative estimate of drug-likeness (QED) is 0.633. The predicted octanol–water partition coefficient (Wildman–Crippen LogP) is 3.18. The monoisotopic (exact) mass is 514 g/mol. The summed E-state index contributed by atoms with van der Waals surface area (Å²) in [6.45, 7) is 2.39. The number of halogens is 2. The second-order valence-corrected chi connectivity index (χ2v) is 10.8. The summed E-state index contributed by atoms with van der Waals surface area (Å²) in [4.78, 5) is 17.0. The Labute approximate surface area is 202 Å². The van der Waals surface area contributed by atoms with E-state index in [-0.39, 0.29) is 51.9 Å². The van der Waals surface area contributed by atoms with Crippen molar-refractivity contribution in [3.8, 4) is 5.88 Å². The Morgan fingerprint density at radius 3 is 2.70 bits per heavy atom. The van der Waals surface area contributed by atoms with E-state index in [0.29, 0.717) is 13.1 Å². The normalized spacial score (nSPS) is 21.3. The van der Waals surface area contributed by atoms with Crippen LogP contribution in [0.4, 0.5) is 11.4 Å². The summed E-state index contributed by atoms with van der Waals surface area (Å²) >= 11 is 12.2. The summed E-state index contributed by atoms with van der Waals surface area (Å²) < 4.78 is 35.3. The van der Waals surface area contributed by atoms with Crippen LogP contribution in [0.25, 0.3) is 0 Å². The maximum Gasteiger partial charge on any atom is 0.304 e. The fraction of sp³-hybridized carbons (Fsp3) is 0.429. The molecule has 1 aromatic heterocycles. The number of aliphatic hydroxyl groups is 1. The molecule has 2 N–H and O–H groups in total. The van der Waals surface area contributed by atoms with Gasteiger partial charge in [0, 0.05) is 13.1 Å². The summed E-state index contributed by atoms with van der Waals surface area (Å²) in [5.74, 6) is -0.258. The number of anilines is 2. The number of hydrogen-bond donors (Lipinski definition) is 2. The zero-order valence-electron chi connectivity index (χ0n) is 17.9. The molecule has 2 aromatic rings. The van der Waals surface area contributed by atoms with Crippen molar-refractivity contribution in [3.05, 3.63) is 46.1 Å². The molecule has 178 valence electrons. The van der Waals surface area contributed by atoms with E-state index >= 15 is 0 Å². The van der Waals surface area contributed by atoms with Gasteiger partial charge in [0.1, 0.15) is 11.8 Å². The molecular weight excluding hydrogens is 491 g/mol. The number of benzene rings is 1. The molecule has 4 rings (SSSR count). The van der Waals surface area contributed by atoms with Gasteiger partial charge in [0.05, 0.1) is 40.6 Å². The molecule has 2 unspecified atom stereocenters. The van der Waals surface area contributed by atoms with E-state index in [1.54, 1.807) is 18.2 Å². The first-order valence-corrected chi connectivity index (χ1v) is 12.7. The number of aromatic nitrogens is 1. The number of nitrogens with zero attached hydrogens (tertiary/aromatic N) is 3. The summed E-state index contributed by atoms with van der Waals surface area (Å²) in [6.07, 6.45) is 2.32. The Morgan fingerprint density at radius 2 is 2.03 bits per heavy atom. The number of rotatable bonds is 5. The van der Waals surface area contributed by atoms with Crippen LogP contribution in [-0.4, -0.2) is 61.1 Å². The van der Waals surface area contributed by atoms with Gasteiger partial charge < -0.3 is 15.2 Å². The van der Waals surface area contributed by atoms with E-state index in [9.17, 15) is 18.3 Å². The second-order valence-electron chi connectivity index (χ2n) is 8.17. The summed E-state index contributed by atoms with van der Waals surface area (Å²) in [7, 11) is -3.90. The minimum absolute atomic E-state index is 0.0581. The first-order valence-electron chi connectivity index (χ1n) is 10.5. The molecule has 3 heterocycles. The van der Waals surface area contributed by atoms with E-state index in [0.717, 1.165) is 12.8 Å². The average Bonchev–Trinajstić information content (AvgIpc) is 2.78. The predicted molar refractivity (Wildman–Crippen MR) is 126 cm³/mol. The van der Waals surface area contributed by atoms with Crippen molar-refractivity contribution >= 4 is 50.7 Å². The number of ether oxygens (including phenoxy) is 1. The number of piperidine rings is 1. The molecule has 0 bridgehead atoms. The summed E-state index contributed by atoms with van der Waals surface area (Å²) in [5.41, 5.74) is 0.524. The van der Waals surface area contributed by atoms with E-state index in [1.807, 2.05) is 6.92 Å². The van der Waals surface area contributed by atoms with Gasteiger partial charge in [-0.1, -0.05) is 36.2 Å². The van der Waals surface area contributed by atoms with E-state index in [4.69, 9.17) is 27.9 Å². The van der Waals surface area contributed by atoms with Crippen molar-refractivity contribution in [2.24, 2.45) is 5.92 Å². The molecule has 0 aliphatic carbocycles. The molecule has 12 heteroatoms. The van der Waals surface area contributed by atoms with Gasteiger partial charge in [-0.3, -0.25) is 4.79 Å². The molecule has 0 radical (unpaired) electrons. The number of hydrogen-bond acceptors (Lipinski definition) is 6. The Balaban J connectivity index is 1.67. The van der Waals surface area contributed by atoms with Crippen molar-refractivity contribution in [1.82, 2.24) is 9.29 Å². The zero-order chi connectivity index (χ0) is 23.8. The molecule has 33 heavy (non-hydrogen) atoms. The lowest BCUT2D eigenvalue weighted by Crippen LogP contribution is -2.53. The standard InChI is InChI=1S/C21H24Cl2N4O5S/c1-13-4-3-7-26(10-13)33(30,31)27-11-15(12-28)32-21-18(27)8-14(9-24-21)25-20(29)19-16(22)5-2-6-17(19)23/h2,5-6,8-9,13,15,28H,3-4,7,10-12H2,1H3,(H,25,29). The smallest absolute Gasteiger partial charge is 0.304 e. The maximum absolute atomic E-state index is 13.5. The van der Waals surface area contributed by atoms with E-state index in [1.165, 1.54) is 20.9 Å². The highest BCUT2D eigenvalue weighted by atomic mass is 35.5. The molecule has 1 amide bonds. The lowest BCUT2D eigenvalue weighted by Gasteiger charge is -2.39. The largest absolute Gasteiger partial charge is 0.468 e. The topological polar surface area (TPSA) is 112 Å². The minimum atomic E-state index is -3.90. The first kappa shape index (κ1) is 24.0. The van der Waals surface area contributed by atoms with Gasteiger partial charge in [0.2, 0.25) is 5.88 Å². The van der Waals surface area contributed by atoms with Gasteiger partial charge in [0.25, 0.3) is 5.91 Å². The van der Waals surface area contributed by atoms with Crippen molar-refractivity contribution in [2.75, 3.05) is 35.9 Å². The Hall–Kier alpha value is -2.11. The molecule has 1 aromatic carbocycles. The number of carbonyl (C=O) groups is 1. The molecule has 1 saturated heterocycles. The number of nitrogens with one attached hydrogen (secondary N) is 1. The highest BCUT2D eigenvalue weighted by Crippen LogP contribution is 2.37. The SMILES string of the molecule is CC1CCCN(S(=O)(=O)N2CC(CO)Oc3ncc(NC(=O)c4c(Cl)cccc4Cl)cc32)C1. The van der Waals surface area contributed by atoms with Crippen LogP contribution in [0.1, 0.15) is 30.1 Å². The van der Waals surface area contributed by atoms with Crippen molar-refractivity contribution in [2.45, 2.75) is 25.9 Å². The Bertz CT molecular complexity index is 1140. The third-order valence-electron chi connectivity index (χ3n) is 5.62. The van der Waals surface area contributed by atoms with Crippen LogP contribution in [0.5, 0.6) is 5.88 Å². The molecule has 0 saturated carbocycles. The van der Waals surface area contributed by atoms with Gasteiger partial charge in [-0.25, -0.2) is 9.29 Å². The fourth-order valence-corrected chi connectivity index (χ4v) is 6.36. The van der Waals surface area contributed by atoms with Crippen LogP contribution in [0.15, 0.2) is 30.5 Å². The van der Waals surface area contributed by atoms with Gasteiger partial charge in [-0.15, -0.1) is 0 Å². The Kier molecular flexibility index (Phi) is 7.01. The molecule has 9 nitrogen and oxygen atoms in total. The Morgan fingerprint density at radius 1 is 1.30 bits per heavy atom. The number of pyridine rings is 1.